The predicted octanol–water partition coefficient (Wildman–Crippen LogP) is 16.1. The molecule has 0 aromatic heterocycles. The van der Waals surface area contributed by atoms with Crippen LogP contribution in [-0.4, -0.2) is 89.2 Å². The quantitative estimate of drug-likeness (QED) is 0.0228. The number of hydrogen-bond donors (Lipinski definition) is 3. The molecule has 1 rings (SSSR count). The van der Waals surface area contributed by atoms with Crippen LogP contribution in [0.1, 0.15) is 265 Å². The summed E-state index contributed by atoms with van der Waals surface area (Å²) in [6.07, 6.45) is 54.4. The highest BCUT2D eigenvalue weighted by atomic mass is 16.7. The first-order chi connectivity index (χ1) is 37.6. The number of esters is 3. The zero-order chi connectivity index (χ0) is 56.1. The summed E-state index contributed by atoms with van der Waals surface area (Å²) in [5, 5.41) is 31.5. The van der Waals surface area contributed by atoms with Gasteiger partial charge in [-0.15, -0.1) is 0 Å². The van der Waals surface area contributed by atoms with Gasteiger partial charge in [-0.05, 0) is 109 Å². The average molecular weight is 1080 g/mol. The topological polar surface area (TPSA) is 175 Å². The second-order valence-corrected chi connectivity index (χ2v) is 20.9. The van der Waals surface area contributed by atoms with Crippen molar-refractivity contribution in [2.75, 3.05) is 13.2 Å². The maximum absolute atomic E-state index is 13.1. The fourth-order valence-electron chi connectivity index (χ4n) is 9.00. The standard InChI is InChI=1S/C65H110O12/c1-4-7-10-13-16-19-22-25-27-29-31-34-36-39-42-45-48-51-57(66)73-54-56(75-58(67)52-49-46-43-40-37-33-24-21-18-15-12-9-6-3)55-74-65-63(61(70)60(69)62(77-65)64(71)72)76-59(68)53-50-47-44-41-38-35-32-30-28-26-23-20-17-14-11-8-5-2/h9,12,16,18-19,21,25-28,33,37,56,60-63,65,69-70H,4-8,10-11,13-15,17,20,22-24,29-32,34-36,38-55H2,1-3H3,(H,71,72)/b12-9-,19-16-,21-18-,27-25-,28-26-,37-33-. The second-order valence-electron chi connectivity index (χ2n) is 20.9. The minimum atomic E-state index is -1.91. The van der Waals surface area contributed by atoms with Crippen LogP contribution in [0.25, 0.3) is 0 Å². The van der Waals surface area contributed by atoms with E-state index in [9.17, 15) is 34.5 Å². The molecule has 0 saturated carbocycles. The molecule has 0 radical (unpaired) electrons. The number of aliphatic hydroxyl groups excluding tert-OH is 2. The number of carbonyl (C=O) groups is 4. The van der Waals surface area contributed by atoms with E-state index in [-0.39, 0.29) is 25.9 Å². The van der Waals surface area contributed by atoms with Gasteiger partial charge in [0.25, 0.3) is 0 Å². The van der Waals surface area contributed by atoms with E-state index in [0.29, 0.717) is 19.3 Å². The maximum atomic E-state index is 13.1. The van der Waals surface area contributed by atoms with Gasteiger partial charge in [0.2, 0.25) is 0 Å². The van der Waals surface area contributed by atoms with Crippen LogP contribution in [0.4, 0.5) is 0 Å². The molecule has 3 N–H and O–H groups in total. The van der Waals surface area contributed by atoms with E-state index in [0.717, 1.165) is 109 Å². The van der Waals surface area contributed by atoms with Crippen LogP contribution >= 0.6 is 0 Å². The van der Waals surface area contributed by atoms with Gasteiger partial charge in [0.15, 0.2) is 24.6 Å². The molecule has 6 unspecified atom stereocenters. The van der Waals surface area contributed by atoms with Gasteiger partial charge in [-0.1, -0.05) is 209 Å². The van der Waals surface area contributed by atoms with Crippen LogP contribution in [0.3, 0.4) is 0 Å². The van der Waals surface area contributed by atoms with Crippen molar-refractivity contribution in [2.45, 2.75) is 302 Å². The van der Waals surface area contributed by atoms with Crippen LogP contribution < -0.4 is 0 Å². The number of carboxylic acid groups (broad SMARTS) is 1. The summed E-state index contributed by atoms with van der Waals surface area (Å²) >= 11 is 0. The molecule has 77 heavy (non-hydrogen) atoms. The summed E-state index contributed by atoms with van der Waals surface area (Å²) in [7, 11) is 0. The van der Waals surface area contributed by atoms with Gasteiger partial charge in [0.05, 0.1) is 6.61 Å². The zero-order valence-corrected chi connectivity index (χ0v) is 48.7. The van der Waals surface area contributed by atoms with Crippen LogP contribution in [0, 0.1) is 0 Å². The first kappa shape index (κ1) is 71.2. The Bertz CT molecular complexity index is 1620. The van der Waals surface area contributed by atoms with Crippen LogP contribution in [-0.2, 0) is 42.9 Å². The predicted molar refractivity (Wildman–Crippen MR) is 312 cm³/mol. The van der Waals surface area contributed by atoms with Crippen LogP contribution in [0.15, 0.2) is 72.9 Å². The van der Waals surface area contributed by atoms with Gasteiger partial charge in [-0.3, -0.25) is 14.4 Å². The Labute approximate surface area is 468 Å². The molecular weight excluding hydrogens is 973 g/mol. The van der Waals surface area contributed by atoms with Crippen molar-refractivity contribution in [2.24, 2.45) is 0 Å². The summed E-state index contributed by atoms with van der Waals surface area (Å²) in [6, 6.07) is 0. The van der Waals surface area contributed by atoms with Crippen molar-refractivity contribution in [3.8, 4) is 0 Å². The van der Waals surface area contributed by atoms with Gasteiger partial charge < -0.3 is 39.0 Å². The van der Waals surface area contributed by atoms with E-state index in [1.807, 2.05) is 0 Å². The Balaban J connectivity index is 2.68. The van der Waals surface area contributed by atoms with Gasteiger partial charge in [-0.2, -0.15) is 0 Å². The lowest BCUT2D eigenvalue weighted by Crippen LogP contribution is -2.61. The van der Waals surface area contributed by atoms with E-state index in [4.69, 9.17) is 23.7 Å². The Morgan fingerprint density at radius 1 is 0.442 bits per heavy atom. The lowest BCUT2D eigenvalue weighted by atomic mass is 9.98. The Hall–Kier alpha value is -3.84. The molecule has 0 aromatic carbocycles. The number of hydrogen-bond acceptors (Lipinski definition) is 11. The summed E-state index contributed by atoms with van der Waals surface area (Å²) in [4.78, 5) is 51.2. The fourth-order valence-corrected chi connectivity index (χ4v) is 9.00. The molecule has 0 aromatic rings. The number of carbonyl (C=O) groups excluding carboxylic acids is 3. The smallest absolute Gasteiger partial charge is 0.335 e. The number of rotatable bonds is 52. The zero-order valence-electron chi connectivity index (χ0n) is 48.7. The molecule has 6 atom stereocenters. The second kappa shape index (κ2) is 52.8. The minimum Gasteiger partial charge on any atom is -0.479 e. The summed E-state index contributed by atoms with van der Waals surface area (Å²) in [5.41, 5.74) is 0. The Morgan fingerprint density at radius 3 is 1.30 bits per heavy atom. The molecule has 12 heteroatoms. The van der Waals surface area contributed by atoms with Gasteiger partial charge in [-0.25, -0.2) is 4.79 Å². The summed E-state index contributed by atoms with van der Waals surface area (Å²) < 4.78 is 28.4. The summed E-state index contributed by atoms with van der Waals surface area (Å²) in [5.74, 6) is -3.17. The molecule has 1 aliphatic heterocycles. The first-order valence-corrected chi connectivity index (χ1v) is 30.9. The van der Waals surface area contributed by atoms with E-state index >= 15 is 0 Å². The maximum Gasteiger partial charge on any atom is 0.335 e. The van der Waals surface area contributed by atoms with Crippen molar-refractivity contribution in [1.29, 1.82) is 0 Å². The molecule has 1 heterocycles. The largest absolute Gasteiger partial charge is 0.479 e. The SMILES string of the molecule is CC/C=C\C/C=C\C/C=C\CCCCCC(=O)OC(COC(=O)CCCCCCCCC/C=C\C/C=C\CCCCC)COC1OC(C(=O)O)C(O)C(O)C1OC(=O)CCCCCCCCC/C=C\CCCCCCCC. The normalized spacial score (nSPS) is 18.5. The van der Waals surface area contributed by atoms with E-state index in [1.54, 1.807) is 0 Å². The molecule has 1 fully saturated rings. The first-order valence-electron chi connectivity index (χ1n) is 30.9. The lowest BCUT2D eigenvalue weighted by molar-refractivity contribution is -0.301. The molecule has 1 aliphatic rings. The van der Waals surface area contributed by atoms with Crippen molar-refractivity contribution >= 4 is 23.9 Å². The highest BCUT2D eigenvalue weighted by Crippen LogP contribution is 2.26. The third-order valence-electron chi connectivity index (χ3n) is 13.7. The van der Waals surface area contributed by atoms with Crippen molar-refractivity contribution in [3.63, 3.8) is 0 Å². The average Bonchev–Trinajstić information content (AvgIpc) is 3.42. The van der Waals surface area contributed by atoms with Crippen molar-refractivity contribution < 1.29 is 58.2 Å². The molecule has 0 amide bonds. The lowest BCUT2D eigenvalue weighted by Gasteiger charge is -2.40. The fraction of sp³-hybridized carbons (Fsp3) is 0.754. The molecule has 0 spiro atoms. The molecule has 0 bridgehead atoms. The highest BCUT2D eigenvalue weighted by Gasteiger charge is 2.50. The third kappa shape index (κ3) is 42.7. The molecule has 0 aliphatic carbocycles. The van der Waals surface area contributed by atoms with Crippen LogP contribution in [0.2, 0.25) is 0 Å². The van der Waals surface area contributed by atoms with Gasteiger partial charge >= 0.3 is 23.9 Å². The molecule has 442 valence electrons. The number of unbranched alkanes of at least 4 members (excludes halogenated alkanes) is 26. The molecule has 1 saturated heterocycles. The Kier molecular flexibility index (Phi) is 48.8. The highest BCUT2D eigenvalue weighted by molar-refractivity contribution is 5.74. The third-order valence-corrected chi connectivity index (χ3v) is 13.7. The van der Waals surface area contributed by atoms with E-state index < -0.39 is 67.3 Å². The number of carboxylic acids is 1. The number of aliphatic carboxylic acids is 1. The van der Waals surface area contributed by atoms with E-state index in [2.05, 4.69) is 93.7 Å². The number of aliphatic hydroxyl groups is 2. The monoisotopic (exact) mass is 1080 g/mol. The molecule has 12 nitrogen and oxygen atoms in total. The van der Waals surface area contributed by atoms with Crippen molar-refractivity contribution in [3.05, 3.63) is 72.9 Å². The minimum absolute atomic E-state index is 0.0500. The van der Waals surface area contributed by atoms with Crippen LogP contribution in [0.5, 0.6) is 0 Å². The van der Waals surface area contributed by atoms with Gasteiger partial charge in [0.1, 0.15) is 18.8 Å². The number of allylic oxidation sites excluding steroid dienone is 12. The summed E-state index contributed by atoms with van der Waals surface area (Å²) in [6.45, 7) is 5.83. The Morgan fingerprint density at radius 2 is 0.818 bits per heavy atom. The molecular formula is C65H110O12. The van der Waals surface area contributed by atoms with E-state index in [1.165, 1.54) is 96.3 Å². The van der Waals surface area contributed by atoms with Crippen molar-refractivity contribution in [1.82, 2.24) is 0 Å². The number of ether oxygens (including phenoxy) is 5. The van der Waals surface area contributed by atoms with Gasteiger partial charge in [0, 0.05) is 19.3 Å².